The summed E-state index contributed by atoms with van der Waals surface area (Å²) >= 11 is 0. The summed E-state index contributed by atoms with van der Waals surface area (Å²) in [6, 6.07) is 9.65. The van der Waals surface area contributed by atoms with Crippen LogP contribution in [0.25, 0.3) is 21.9 Å². The van der Waals surface area contributed by atoms with Gasteiger partial charge in [0.15, 0.2) is 0 Å². The smallest absolute Gasteiger partial charge is 0.131 e. The van der Waals surface area contributed by atoms with E-state index in [-0.39, 0.29) is 16.6 Å². The Kier molecular flexibility index (Phi) is 4.03. The highest BCUT2D eigenvalue weighted by Crippen LogP contribution is 2.49. The monoisotopic (exact) mass is 363 g/mol. The minimum Gasteiger partial charge on any atom is -0.496 e. The first-order valence-electron chi connectivity index (χ1n) is 9.49. The number of methoxy groups -OCH3 is 1. The van der Waals surface area contributed by atoms with E-state index in [9.17, 15) is 0 Å². The Balaban J connectivity index is 2.01. The van der Waals surface area contributed by atoms with Gasteiger partial charge in [0.05, 0.1) is 7.11 Å². The van der Waals surface area contributed by atoms with E-state index in [1.807, 2.05) is 12.1 Å². The lowest BCUT2D eigenvalue weighted by atomic mass is 9.62. The molecule has 2 nitrogen and oxygen atoms in total. The molecule has 3 heteroatoms. The summed E-state index contributed by atoms with van der Waals surface area (Å²) in [7, 11) is 1.66. The molecule has 4 rings (SSSR count). The number of ether oxygens (including phenoxy) is 1. The molecule has 0 atom stereocenters. The third-order valence-electron chi connectivity index (χ3n) is 6.19. The van der Waals surface area contributed by atoms with Crippen LogP contribution in [-0.4, -0.2) is 12.1 Å². The van der Waals surface area contributed by atoms with E-state index in [1.165, 1.54) is 11.1 Å². The van der Waals surface area contributed by atoms with Gasteiger partial charge in [0, 0.05) is 28.9 Å². The molecule has 27 heavy (non-hydrogen) atoms. The van der Waals surface area contributed by atoms with Crippen molar-refractivity contribution < 1.29 is 9.13 Å². The van der Waals surface area contributed by atoms with Gasteiger partial charge < -0.3 is 4.74 Å². The van der Waals surface area contributed by atoms with Crippen molar-refractivity contribution in [3.05, 3.63) is 59.7 Å². The van der Waals surface area contributed by atoms with E-state index < -0.39 is 0 Å². The van der Waals surface area contributed by atoms with Gasteiger partial charge in [-0.3, -0.25) is 4.98 Å². The van der Waals surface area contributed by atoms with Gasteiger partial charge in [0.25, 0.3) is 0 Å². The van der Waals surface area contributed by atoms with E-state index >= 15 is 4.39 Å². The summed E-state index contributed by atoms with van der Waals surface area (Å²) in [4.78, 5) is 4.09. The molecule has 1 heterocycles. The third kappa shape index (κ3) is 2.90. The van der Waals surface area contributed by atoms with Crippen molar-refractivity contribution >= 4 is 10.8 Å². The van der Waals surface area contributed by atoms with E-state index in [0.717, 1.165) is 34.9 Å². The first kappa shape index (κ1) is 18.0. The molecule has 0 spiro atoms. The second-order valence-corrected chi connectivity index (χ2v) is 8.92. The highest BCUT2D eigenvalue weighted by Gasteiger charge is 2.38. The molecule has 1 aliphatic rings. The predicted octanol–water partition coefficient (Wildman–Crippen LogP) is 6.40. The molecular weight excluding hydrogens is 337 g/mol. The quantitative estimate of drug-likeness (QED) is 0.526. The molecule has 1 aliphatic carbocycles. The van der Waals surface area contributed by atoms with Crippen LogP contribution in [0.4, 0.5) is 4.39 Å². The Morgan fingerprint density at radius 2 is 1.56 bits per heavy atom. The molecule has 0 N–H and O–H groups in total. The topological polar surface area (TPSA) is 22.1 Å². The Morgan fingerprint density at radius 1 is 0.889 bits per heavy atom. The van der Waals surface area contributed by atoms with E-state index in [1.54, 1.807) is 25.6 Å². The number of fused-ring (bicyclic) bond motifs is 2. The molecule has 0 fully saturated rings. The highest BCUT2D eigenvalue weighted by atomic mass is 19.1. The molecule has 0 unspecified atom stereocenters. The molecule has 0 aliphatic heterocycles. The second-order valence-electron chi connectivity index (χ2n) is 8.92. The van der Waals surface area contributed by atoms with Crippen LogP contribution in [-0.2, 0) is 10.8 Å². The van der Waals surface area contributed by atoms with E-state index in [2.05, 4.69) is 44.8 Å². The van der Waals surface area contributed by atoms with Gasteiger partial charge in [-0.05, 0) is 70.5 Å². The second kappa shape index (κ2) is 6.05. The molecule has 0 saturated heterocycles. The van der Waals surface area contributed by atoms with Crippen molar-refractivity contribution in [3.8, 4) is 16.9 Å². The maximum Gasteiger partial charge on any atom is 0.131 e. The summed E-state index contributed by atoms with van der Waals surface area (Å²) in [6.45, 7) is 9.12. The average Bonchev–Trinajstić information content (AvgIpc) is 2.64. The standard InChI is InChI=1S/C24H26FNO/c1-23(2)7-8-24(3,4)20-13-22(27-5)18(12-19(20)23)17-10-15-6-9-26-14-16(15)11-21(17)25/h6,9-14H,7-8H2,1-5H3. The van der Waals surface area contributed by atoms with Crippen LogP contribution in [0.15, 0.2) is 42.7 Å². The Labute approximate surface area is 160 Å². The first-order chi connectivity index (χ1) is 12.7. The van der Waals surface area contributed by atoms with Crippen molar-refractivity contribution in [2.45, 2.75) is 51.4 Å². The van der Waals surface area contributed by atoms with Gasteiger partial charge in [-0.2, -0.15) is 0 Å². The summed E-state index contributed by atoms with van der Waals surface area (Å²) in [5, 5.41) is 1.78. The lowest BCUT2D eigenvalue weighted by molar-refractivity contribution is 0.329. The number of halogens is 1. The fraction of sp³-hybridized carbons (Fsp3) is 0.375. The largest absolute Gasteiger partial charge is 0.496 e. The van der Waals surface area contributed by atoms with Crippen LogP contribution in [0, 0.1) is 5.82 Å². The number of rotatable bonds is 2. The van der Waals surface area contributed by atoms with Gasteiger partial charge in [-0.25, -0.2) is 4.39 Å². The van der Waals surface area contributed by atoms with E-state index in [4.69, 9.17) is 4.74 Å². The van der Waals surface area contributed by atoms with Gasteiger partial charge in [-0.1, -0.05) is 27.7 Å². The summed E-state index contributed by atoms with van der Waals surface area (Å²) in [5.74, 6) is 0.480. The highest BCUT2D eigenvalue weighted by molar-refractivity contribution is 5.88. The zero-order chi connectivity index (χ0) is 19.4. The first-order valence-corrected chi connectivity index (χ1v) is 9.49. The number of hydrogen-bond donors (Lipinski definition) is 0. The molecular formula is C24H26FNO. The van der Waals surface area contributed by atoms with Crippen LogP contribution in [0.1, 0.15) is 51.7 Å². The Hall–Kier alpha value is -2.42. The SMILES string of the molecule is COc1cc2c(cc1-c1cc3ccncc3cc1F)C(C)(C)CCC2(C)C. The van der Waals surface area contributed by atoms with Crippen molar-refractivity contribution in [2.24, 2.45) is 0 Å². The van der Waals surface area contributed by atoms with Crippen LogP contribution in [0.2, 0.25) is 0 Å². The number of benzene rings is 2. The molecule has 140 valence electrons. The zero-order valence-corrected chi connectivity index (χ0v) is 16.7. The molecule has 2 aromatic carbocycles. The number of nitrogens with zero attached hydrogens (tertiary/aromatic N) is 1. The van der Waals surface area contributed by atoms with Crippen LogP contribution >= 0.6 is 0 Å². The fourth-order valence-corrected chi connectivity index (χ4v) is 4.29. The fourth-order valence-electron chi connectivity index (χ4n) is 4.29. The minimum absolute atomic E-state index is 0.0587. The van der Waals surface area contributed by atoms with Gasteiger partial charge in [-0.15, -0.1) is 0 Å². The molecule has 0 amide bonds. The minimum atomic E-state index is -0.248. The van der Waals surface area contributed by atoms with Gasteiger partial charge in [0.1, 0.15) is 11.6 Å². The average molecular weight is 363 g/mol. The maximum atomic E-state index is 15.0. The lowest BCUT2D eigenvalue weighted by Crippen LogP contribution is -2.33. The number of aromatic nitrogens is 1. The van der Waals surface area contributed by atoms with Gasteiger partial charge >= 0.3 is 0 Å². The molecule has 0 saturated carbocycles. The van der Waals surface area contributed by atoms with Crippen LogP contribution in [0.3, 0.4) is 0 Å². The number of pyridine rings is 1. The Morgan fingerprint density at radius 3 is 2.22 bits per heavy atom. The lowest BCUT2D eigenvalue weighted by Gasteiger charge is -2.42. The van der Waals surface area contributed by atoms with Crippen molar-refractivity contribution in [1.82, 2.24) is 4.98 Å². The van der Waals surface area contributed by atoms with Crippen LogP contribution in [0.5, 0.6) is 5.75 Å². The maximum absolute atomic E-state index is 15.0. The normalized spacial score (nSPS) is 17.6. The summed E-state index contributed by atoms with van der Waals surface area (Å²) < 4.78 is 20.7. The predicted molar refractivity (Wildman–Crippen MR) is 109 cm³/mol. The number of hydrogen-bond acceptors (Lipinski definition) is 2. The Bertz CT molecular complexity index is 1040. The van der Waals surface area contributed by atoms with E-state index in [0.29, 0.717) is 5.56 Å². The van der Waals surface area contributed by atoms with Crippen LogP contribution < -0.4 is 4.74 Å². The summed E-state index contributed by atoms with van der Waals surface area (Å²) in [6.07, 6.45) is 5.68. The van der Waals surface area contributed by atoms with Crippen molar-refractivity contribution in [3.63, 3.8) is 0 Å². The summed E-state index contributed by atoms with van der Waals surface area (Å²) in [5.41, 5.74) is 4.15. The van der Waals surface area contributed by atoms with Crippen molar-refractivity contribution in [2.75, 3.05) is 7.11 Å². The molecule has 0 bridgehead atoms. The molecule has 1 aromatic heterocycles. The molecule has 3 aromatic rings. The zero-order valence-electron chi connectivity index (χ0n) is 16.7. The van der Waals surface area contributed by atoms with Crippen molar-refractivity contribution in [1.29, 1.82) is 0 Å². The van der Waals surface area contributed by atoms with Gasteiger partial charge in [0.2, 0.25) is 0 Å². The molecule has 0 radical (unpaired) electrons. The third-order valence-corrected chi connectivity index (χ3v) is 6.19.